The molecule has 0 unspecified atom stereocenters. The second-order valence-corrected chi connectivity index (χ2v) is 9.38. The Hall–Kier alpha value is -2.93. The van der Waals surface area contributed by atoms with Crippen molar-refractivity contribution >= 4 is 41.4 Å². The molecule has 29 heavy (non-hydrogen) atoms. The summed E-state index contributed by atoms with van der Waals surface area (Å²) in [5.41, 5.74) is 0.587. The van der Waals surface area contributed by atoms with E-state index in [2.05, 4.69) is 24.3 Å². The van der Waals surface area contributed by atoms with Crippen LogP contribution in [0.2, 0.25) is 5.02 Å². The van der Waals surface area contributed by atoms with Gasteiger partial charge in [0.1, 0.15) is 27.2 Å². The van der Waals surface area contributed by atoms with E-state index >= 15 is 0 Å². The average molecular weight is 418 g/mol. The molecule has 0 amide bonds. The fraction of sp³-hybridized carbons (Fsp3) is 0. The molecule has 0 aromatic heterocycles. The van der Waals surface area contributed by atoms with Crippen molar-refractivity contribution in [2.75, 3.05) is 0 Å². The molecule has 0 saturated heterocycles. The van der Waals surface area contributed by atoms with E-state index in [1.54, 1.807) is 24.3 Å². The molecule has 0 spiro atoms. The highest BCUT2D eigenvalue weighted by Gasteiger charge is 2.30. The van der Waals surface area contributed by atoms with Crippen molar-refractivity contribution in [3.63, 3.8) is 0 Å². The van der Waals surface area contributed by atoms with Gasteiger partial charge in [0.25, 0.3) is 0 Å². The van der Waals surface area contributed by atoms with Crippen LogP contribution in [0.1, 0.15) is 10.4 Å². The van der Waals surface area contributed by atoms with Crippen LogP contribution >= 0.6 is 19.5 Å². The van der Waals surface area contributed by atoms with Crippen molar-refractivity contribution in [2.45, 2.75) is 0 Å². The third-order valence-electron chi connectivity index (χ3n) is 4.57. The van der Waals surface area contributed by atoms with Gasteiger partial charge in [0.2, 0.25) is 0 Å². The number of esters is 1. The molecule has 142 valence electrons. The second kappa shape index (κ2) is 9.05. The van der Waals surface area contributed by atoms with Gasteiger partial charge in [-0.15, -0.1) is 0 Å². The fourth-order valence-corrected chi connectivity index (χ4v) is 6.08. The lowest BCUT2D eigenvalue weighted by molar-refractivity contribution is 0.0736. The van der Waals surface area contributed by atoms with Crippen molar-refractivity contribution in [2.24, 2.45) is 0 Å². The molecule has 4 heteroatoms. The van der Waals surface area contributed by atoms with Crippen LogP contribution in [-0.2, 0) is 0 Å². The van der Waals surface area contributed by atoms with E-state index in [-0.39, 0.29) is 5.97 Å². The standard InChI is InChI=1S/C25H18ClO2P/c26-19-15-17-20(18-16-19)28-25(27)23-13-7-8-14-24(23)29(21-9-3-1-4-10-21)22-11-5-2-6-12-22/h1-18H/p+1. The van der Waals surface area contributed by atoms with Gasteiger partial charge in [0.05, 0.1) is 7.92 Å². The Morgan fingerprint density at radius 3 is 1.76 bits per heavy atom. The molecular weight excluding hydrogens is 399 g/mol. The van der Waals surface area contributed by atoms with E-state index in [1.807, 2.05) is 60.7 Å². The minimum atomic E-state index is -1.37. The van der Waals surface area contributed by atoms with Gasteiger partial charge >= 0.3 is 5.97 Å². The quantitative estimate of drug-likeness (QED) is 0.258. The summed E-state index contributed by atoms with van der Waals surface area (Å²) >= 11 is 5.93. The number of hydrogen-bond acceptors (Lipinski definition) is 2. The monoisotopic (exact) mass is 417 g/mol. The molecule has 0 aliphatic carbocycles. The first-order valence-electron chi connectivity index (χ1n) is 9.27. The molecular formula is C25H19ClO2P+. The summed E-state index contributed by atoms with van der Waals surface area (Å²) in [6, 6.07) is 35.2. The molecule has 2 nitrogen and oxygen atoms in total. The summed E-state index contributed by atoms with van der Waals surface area (Å²) in [6.07, 6.45) is 0. The average Bonchev–Trinajstić information content (AvgIpc) is 2.77. The maximum Gasteiger partial charge on any atom is 0.347 e. The summed E-state index contributed by atoms with van der Waals surface area (Å²) in [7, 11) is -1.37. The van der Waals surface area contributed by atoms with Crippen LogP contribution in [-0.4, -0.2) is 5.97 Å². The Balaban J connectivity index is 1.76. The fourth-order valence-electron chi connectivity index (χ4n) is 3.23. The molecule has 4 aromatic rings. The normalized spacial score (nSPS) is 10.7. The summed E-state index contributed by atoms with van der Waals surface area (Å²) < 4.78 is 5.64. The maximum absolute atomic E-state index is 13.0. The van der Waals surface area contributed by atoms with Gasteiger partial charge in [-0.2, -0.15) is 0 Å². The van der Waals surface area contributed by atoms with Crippen LogP contribution < -0.4 is 20.7 Å². The Kier molecular flexibility index (Phi) is 6.05. The highest BCUT2D eigenvalue weighted by molar-refractivity contribution is 7.80. The molecule has 0 saturated carbocycles. The first-order valence-corrected chi connectivity index (χ1v) is 11.1. The first kappa shape index (κ1) is 19.4. The van der Waals surface area contributed by atoms with Crippen LogP contribution in [0.25, 0.3) is 0 Å². The third-order valence-corrected chi connectivity index (χ3v) is 7.61. The molecule has 4 rings (SSSR count). The lowest BCUT2D eigenvalue weighted by Crippen LogP contribution is -2.26. The van der Waals surface area contributed by atoms with Crippen molar-refractivity contribution in [3.8, 4) is 5.75 Å². The van der Waals surface area contributed by atoms with E-state index in [0.717, 1.165) is 5.30 Å². The zero-order valence-corrected chi connectivity index (χ0v) is 17.3. The minimum Gasteiger partial charge on any atom is -0.423 e. The van der Waals surface area contributed by atoms with Crippen molar-refractivity contribution in [3.05, 3.63) is 120 Å². The third kappa shape index (κ3) is 4.56. The number of ether oxygens (including phenoxy) is 1. The number of hydrogen-bond donors (Lipinski definition) is 0. The minimum absolute atomic E-state index is 0.364. The van der Waals surface area contributed by atoms with Crippen LogP contribution in [0.15, 0.2) is 109 Å². The Morgan fingerprint density at radius 1 is 0.655 bits per heavy atom. The smallest absolute Gasteiger partial charge is 0.347 e. The topological polar surface area (TPSA) is 26.3 Å². The SMILES string of the molecule is O=C(Oc1ccc(Cl)cc1)c1ccccc1[PH+](c1ccccc1)c1ccccc1. The molecule has 0 N–H and O–H groups in total. The van der Waals surface area contributed by atoms with Crippen LogP contribution in [0, 0.1) is 0 Å². The second-order valence-electron chi connectivity index (χ2n) is 6.50. The van der Waals surface area contributed by atoms with E-state index in [9.17, 15) is 4.79 Å². The molecule has 0 aliphatic rings. The first-order chi connectivity index (χ1) is 14.2. The van der Waals surface area contributed by atoms with Gasteiger partial charge in [-0.1, -0.05) is 60.1 Å². The molecule has 0 fully saturated rings. The van der Waals surface area contributed by atoms with E-state index in [0.29, 0.717) is 16.3 Å². The van der Waals surface area contributed by atoms with E-state index in [1.165, 1.54) is 10.6 Å². The largest absolute Gasteiger partial charge is 0.423 e. The summed E-state index contributed by atoms with van der Waals surface area (Å²) in [6.45, 7) is 0. The van der Waals surface area contributed by atoms with Crippen molar-refractivity contribution in [1.82, 2.24) is 0 Å². The van der Waals surface area contributed by atoms with E-state index in [4.69, 9.17) is 16.3 Å². The van der Waals surface area contributed by atoms with Crippen LogP contribution in [0.5, 0.6) is 5.75 Å². The Bertz CT molecular complexity index is 1060. The van der Waals surface area contributed by atoms with Crippen molar-refractivity contribution in [1.29, 1.82) is 0 Å². The van der Waals surface area contributed by atoms with Crippen LogP contribution in [0.4, 0.5) is 0 Å². The van der Waals surface area contributed by atoms with E-state index < -0.39 is 7.92 Å². The van der Waals surface area contributed by atoms with Gasteiger partial charge in [0, 0.05) is 5.02 Å². The molecule has 0 atom stereocenters. The lowest BCUT2D eigenvalue weighted by Gasteiger charge is -2.14. The van der Waals surface area contributed by atoms with Crippen LogP contribution in [0.3, 0.4) is 0 Å². The lowest BCUT2D eigenvalue weighted by atomic mass is 10.2. The highest BCUT2D eigenvalue weighted by Crippen LogP contribution is 2.34. The molecule has 0 aliphatic heterocycles. The van der Waals surface area contributed by atoms with Gasteiger partial charge < -0.3 is 4.74 Å². The Labute approximate surface area is 176 Å². The summed E-state index contributed by atoms with van der Waals surface area (Å²) in [4.78, 5) is 13.0. The maximum atomic E-state index is 13.0. The van der Waals surface area contributed by atoms with Crippen molar-refractivity contribution < 1.29 is 9.53 Å². The van der Waals surface area contributed by atoms with Gasteiger partial charge in [-0.25, -0.2) is 4.79 Å². The Morgan fingerprint density at radius 2 is 1.17 bits per heavy atom. The number of benzene rings is 4. The molecule has 0 bridgehead atoms. The number of carbonyl (C=O) groups is 1. The number of halogens is 1. The predicted octanol–water partition coefficient (Wildman–Crippen LogP) is 5.05. The predicted molar refractivity (Wildman–Crippen MR) is 123 cm³/mol. The highest BCUT2D eigenvalue weighted by atomic mass is 35.5. The number of carbonyl (C=O) groups excluding carboxylic acids is 1. The summed E-state index contributed by atoms with van der Waals surface area (Å²) in [5, 5.41) is 4.04. The molecule has 0 radical (unpaired) electrons. The van der Waals surface area contributed by atoms with Gasteiger partial charge in [-0.3, -0.25) is 0 Å². The van der Waals surface area contributed by atoms with Gasteiger partial charge in [0.15, 0.2) is 0 Å². The molecule has 0 heterocycles. The van der Waals surface area contributed by atoms with Gasteiger partial charge in [-0.05, 0) is 60.7 Å². The zero-order chi connectivity index (χ0) is 20.1. The molecule has 4 aromatic carbocycles. The number of rotatable bonds is 5. The summed E-state index contributed by atoms with van der Waals surface area (Å²) in [5.74, 6) is 0.111. The zero-order valence-electron chi connectivity index (χ0n) is 15.6.